The van der Waals surface area contributed by atoms with Crippen LogP contribution in [0.3, 0.4) is 0 Å². The van der Waals surface area contributed by atoms with Gasteiger partial charge in [-0.25, -0.2) is 8.42 Å². The third kappa shape index (κ3) is 5.09. The molecule has 1 N–H and O–H groups in total. The number of nitrogens with zero attached hydrogens (tertiary/aromatic N) is 2. The third-order valence-corrected chi connectivity index (χ3v) is 7.75. The maximum atomic E-state index is 12.7. The highest BCUT2D eigenvalue weighted by atomic mass is 32.2. The minimum absolute atomic E-state index is 0.139. The van der Waals surface area contributed by atoms with E-state index in [0.29, 0.717) is 25.2 Å². The summed E-state index contributed by atoms with van der Waals surface area (Å²) in [4.78, 5) is 15.3. The summed E-state index contributed by atoms with van der Waals surface area (Å²) < 4.78 is 26.6. The monoisotopic (exact) mass is 429 g/mol. The van der Waals surface area contributed by atoms with Gasteiger partial charge in [-0.1, -0.05) is 44.2 Å². The Bertz CT molecular complexity index is 920. The summed E-state index contributed by atoms with van der Waals surface area (Å²) in [5.74, 6) is -0.193. The van der Waals surface area contributed by atoms with Crippen molar-refractivity contribution >= 4 is 15.9 Å². The van der Waals surface area contributed by atoms with Gasteiger partial charge in [0.15, 0.2) is 0 Å². The number of carbonyl (C=O) groups is 1. The Kier molecular flexibility index (Phi) is 7.64. The Morgan fingerprint density at radius 3 is 2.17 bits per heavy atom. The summed E-state index contributed by atoms with van der Waals surface area (Å²) in [6, 6.07) is 16.6. The van der Waals surface area contributed by atoms with Crippen LogP contribution >= 0.6 is 0 Å². The average Bonchev–Trinajstić information content (AvgIpc) is 3.30. The first-order valence-corrected chi connectivity index (χ1v) is 12.1. The average molecular weight is 430 g/mol. The Balaban J connectivity index is 1.69. The summed E-state index contributed by atoms with van der Waals surface area (Å²) in [5.41, 5.74) is 1.65. The fraction of sp³-hybridized carbons (Fsp3) is 0.435. The summed E-state index contributed by atoms with van der Waals surface area (Å²) in [6.45, 7) is 7.04. The number of amides is 1. The van der Waals surface area contributed by atoms with E-state index in [4.69, 9.17) is 0 Å². The number of benzene rings is 2. The van der Waals surface area contributed by atoms with Crippen LogP contribution in [0.5, 0.6) is 0 Å². The molecular formula is C23H31N3O3S. The van der Waals surface area contributed by atoms with Crippen molar-refractivity contribution in [2.45, 2.75) is 37.6 Å². The first-order valence-electron chi connectivity index (χ1n) is 10.6. The molecule has 7 heteroatoms. The fourth-order valence-electron chi connectivity index (χ4n) is 3.97. The number of hydrogen-bond donors (Lipinski definition) is 1. The van der Waals surface area contributed by atoms with Gasteiger partial charge in [-0.2, -0.15) is 4.31 Å². The molecule has 3 rings (SSSR count). The van der Waals surface area contributed by atoms with Crippen LogP contribution in [0.4, 0.5) is 0 Å². The van der Waals surface area contributed by atoms with E-state index in [1.807, 2.05) is 32.0 Å². The van der Waals surface area contributed by atoms with Crippen LogP contribution in [0, 0.1) is 0 Å². The molecule has 1 unspecified atom stereocenters. The molecule has 2 aromatic rings. The van der Waals surface area contributed by atoms with Crippen molar-refractivity contribution in [2.75, 3.05) is 32.7 Å². The molecule has 0 spiro atoms. The van der Waals surface area contributed by atoms with Gasteiger partial charge in [0.1, 0.15) is 0 Å². The lowest BCUT2D eigenvalue weighted by molar-refractivity contribution is 0.0938. The normalized spacial score (nSPS) is 16.0. The Morgan fingerprint density at radius 2 is 1.60 bits per heavy atom. The van der Waals surface area contributed by atoms with Crippen LogP contribution in [0.1, 0.15) is 48.7 Å². The molecule has 0 saturated carbocycles. The highest BCUT2D eigenvalue weighted by Crippen LogP contribution is 2.24. The topological polar surface area (TPSA) is 69.7 Å². The molecule has 1 heterocycles. The molecule has 0 bridgehead atoms. The predicted octanol–water partition coefficient (Wildman–Crippen LogP) is 3.28. The number of hydrogen-bond acceptors (Lipinski definition) is 4. The van der Waals surface area contributed by atoms with Gasteiger partial charge >= 0.3 is 0 Å². The summed E-state index contributed by atoms with van der Waals surface area (Å²) >= 11 is 0. The van der Waals surface area contributed by atoms with Gasteiger partial charge in [0.2, 0.25) is 10.0 Å². The molecule has 0 radical (unpaired) electrons. The summed E-state index contributed by atoms with van der Waals surface area (Å²) in [5, 5.41) is 3.04. The molecule has 0 aliphatic carbocycles. The van der Waals surface area contributed by atoms with Crippen molar-refractivity contribution in [1.82, 2.24) is 14.5 Å². The third-order valence-electron chi connectivity index (χ3n) is 5.68. The van der Waals surface area contributed by atoms with E-state index < -0.39 is 10.0 Å². The van der Waals surface area contributed by atoms with Gasteiger partial charge < -0.3 is 5.32 Å². The highest BCUT2D eigenvalue weighted by molar-refractivity contribution is 7.89. The van der Waals surface area contributed by atoms with Gasteiger partial charge in [-0.05, 0) is 55.8 Å². The van der Waals surface area contributed by atoms with E-state index in [2.05, 4.69) is 22.3 Å². The zero-order chi connectivity index (χ0) is 21.6. The molecular weight excluding hydrogens is 398 g/mol. The minimum Gasteiger partial charge on any atom is -0.350 e. The lowest BCUT2D eigenvalue weighted by Crippen LogP contribution is -2.36. The molecule has 1 aliphatic heterocycles. The second-order valence-electron chi connectivity index (χ2n) is 7.49. The van der Waals surface area contributed by atoms with Crippen LogP contribution in [0.15, 0.2) is 59.5 Å². The van der Waals surface area contributed by atoms with Crippen LogP contribution in [0.2, 0.25) is 0 Å². The van der Waals surface area contributed by atoms with E-state index in [0.717, 1.165) is 13.1 Å². The highest BCUT2D eigenvalue weighted by Gasteiger charge is 2.25. The number of sulfonamides is 1. The van der Waals surface area contributed by atoms with E-state index in [9.17, 15) is 13.2 Å². The van der Waals surface area contributed by atoms with Gasteiger partial charge in [0.25, 0.3) is 5.91 Å². The van der Waals surface area contributed by atoms with Gasteiger partial charge in [0, 0.05) is 25.2 Å². The molecule has 162 valence electrons. The maximum absolute atomic E-state index is 12.7. The van der Waals surface area contributed by atoms with E-state index in [1.165, 1.54) is 34.8 Å². The smallest absolute Gasteiger partial charge is 0.251 e. The first-order chi connectivity index (χ1) is 14.5. The largest absolute Gasteiger partial charge is 0.350 e. The second-order valence-corrected chi connectivity index (χ2v) is 9.43. The number of likely N-dealkylation sites (tertiary alicyclic amines) is 1. The van der Waals surface area contributed by atoms with E-state index >= 15 is 0 Å². The van der Waals surface area contributed by atoms with Crippen LogP contribution in [-0.4, -0.2) is 56.3 Å². The lowest BCUT2D eigenvalue weighted by Gasteiger charge is -2.28. The zero-order valence-corrected chi connectivity index (χ0v) is 18.6. The van der Waals surface area contributed by atoms with Crippen molar-refractivity contribution in [3.05, 3.63) is 65.7 Å². The number of rotatable bonds is 9. The standard InChI is InChI=1S/C23H31N3O3S/c1-3-26(4-2)30(28,29)21-14-12-20(13-15-21)23(27)24-18-22(25-16-8-9-17-25)19-10-6-5-7-11-19/h5-7,10-15,22H,3-4,8-9,16-18H2,1-2H3,(H,24,27). The molecule has 1 atom stereocenters. The molecule has 1 amide bonds. The Morgan fingerprint density at radius 1 is 1.00 bits per heavy atom. The predicted molar refractivity (Wildman–Crippen MR) is 119 cm³/mol. The Hall–Kier alpha value is -2.22. The van der Waals surface area contributed by atoms with Gasteiger partial charge in [0.05, 0.1) is 10.9 Å². The van der Waals surface area contributed by atoms with Crippen molar-refractivity contribution < 1.29 is 13.2 Å². The molecule has 0 aromatic heterocycles. The SMILES string of the molecule is CCN(CC)S(=O)(=O)c1ccc(C(=O)NCC(c2ccccc2)N2CCCC2)cc1. The van der Waals surface area contributed by atoms with Crippen molar-refractivity contribution in [3.63, 3.8) is 0 Å². The first kappa shape index (κ1) is 22.5. The van der Waals surface area contributed by atoms with Gasteiger partial charge in [-0.3, -0.25) is 9.69 Å². The molecule has 1 saturated heterocycles. The molecule has 1 aliphatic rings. The van der Waals surface area contributed by atoms with Crippen LogP contribution in [0.25, 0.3) is 0 Å². The summed E-state index contributed by atoms with van der Waals surface area (Å²) in [7, 11) is -3.52. The van der Waals surface area contributed by atoms with Crippen molar-refractivity contribution in [1.29, 1.82) is 0 Å². The maximum Gasteiger partial charge on any atom is 0.251 e. The molecule has 1 fully saturated rings. The minimum atomic E-state index is -3.52. The van der Waals surface area contributed by atoms with Crippen LogP contribution in [-0.2, 0) is 10.0 Å². The van der Waals surface area contributed by atoms with Crippen molar-refractivity contribution in [3.8, 4) is 0 Å². The van der Waals surface area contributed by atoms with Crippen LogP contribution < -0.4 is 5.32 Å². The quantitative estimate of drug-likeness (QED) is 0.664. The fourth-order valence-corrected chi connectivity index (χ4v) is 5.43. The summed E-state index contributed by atoms with van der Waals surface area (Å²) in [6.07, 6.45) is 2.36. The van der Waals surface area contributed by atoms with E-state index in [-0.39, 0.29) is 16.8 Å². The van der Waals surface area contributed by atoms with Gasteiger partial charge in [-0.15, -0.1) is 0 Å². The number of nitrogens with one attached hydrogen (secondary N) is 1. The zero-order valence-electron chi connectivity index (χ0n) is 17.8. The van der Waals surface area contributed by atoms with Crippen molar-refractivity contribution in [2.24, 2.45) is 0 Å². The molecule has 2 aromatic carbocycles. The Labute approximate surface area is 179 Å². The molecule has 6 nitrogen and oxygen atoms in total. The second kappa shape index (κ2) is 10.2. The number of carbonyl (C=O) groups excluding carboxylic acids is 1. The molecule has 30 heavy (non-hydrogen) atoms. The lowest BCUT2D eigenvalue weighted by atomic mass is 10.1. The van der Waals surface area contributed by atoms with E-state index in [1.54, 1.807) is 12.1 Å².